The van der Waals surface area contributed by atoms with Gasteiger partial charge in [0, 0.05) is 43.0 Å². The summed E-state index contributed by atoms with van der Waals surface area (Å²) in [6, 6.07) is 15.8. The van der Waals surface area contributed by atoms with Crippen LogP contribution in [0.15, 0.2) is 54.6 Å². The molecule has 0 bridgehead atoms. The lowest BCUT2D eigenvalue weighted by Crippen LogP contribution is -2.48. The lowest BCUT2D eigenvalue weighted by Gasteiger charge is -2.35. The molecule has 0 atom stereocenters. The summed E-state index contributed by atoms with van der Waals surface area (Å²) in [5.74, 6) is 0.0370. The van der Waals surface area contributed by atoms with E-state index in [0.717, 1.165) is 39.0 Å². The van der Waals surface area contributed by atoms with Crippen molar-refractivity contribution in [2.45, 2.75) is 0 Å². The fourth-order valence-corrected chi connectivity index (χ4v) is 4.12. The third kappa shape index (κ3) is 3.74. The number of thiazole rings is 1. The number of aromatic nitrogens is 1. The zero-order valence-electron chi connectivity index (χ0n) is 14.1. The minimum atomic E-state index is 0.0370. The van der Waals surface area contributed by atoms with E-state index in [1.165, 1.54) is 0 Å². The Hall–Kier alpha value is -2.37. The maximum atomic E-state index is 12.5. The number of nitrogens with zero attached hydrogens (tertiary/aromatic N) is 3. The number of para-hydroxylation sites is 1. The Kier molecular flexibility index (Phi) is 4.91. The van der Waals surface area contributed by atoms with Gasteiger partial charge in [0.2, 0.25) is 5.91 Å². The Labute approximate surface area is 161 Å². The van der Waals surface area contributed by atoms with Crippen LogP contribution in [0.2, 0.25) is 5.02 Å². The van der Waals surface area contributed by atoms with E-state index >= 15 is 0 Å². The molecular weight excluding hydrogens is 366 g/mol. The fourth-order valence-electron chi connectivity index (χ4n) is 3.07. The number of hydrogen-bond acceptors (Lipinski definition) is 4. The van der Waals surface area contributed by atoms with Crippen LogP contribution in [0, 0.1) is 0 Å². The highest BCUT2D eigenvalue weighted by Gasteiger charge is 2.20. The topological polar surface area (TPSA) is 36.4 Å². The maximum Gasteiger partial charge on any atom is 0.246 e. The number of carbonyl (C=O) groups excluding carboxylic acids is 1. The number of halogens is 1. The molecule has 3 aromatic rings. The number of amides is 1. The second-order valence-electron chi connectivity index (χ2n) is 6.15. The molecule has 2 heterocycles. The van der Waals surface area contributed by atoms with Gasteiger partial charge in [-0.05, 0) is 36.4 Å². The Bertz CT molecular complexity index is 927. The standard InChI is InChI=1S/C20H18ClN3OS/c21-15-4-3-5-16(14-15)23-10-12-24(13-11-23)20(25)9-8-19-22-17-6-1-2-7-18(17)26-19/h1-9,14H,10-13H2. The van der Waals surface area contributed by atoms with Gasteiger partial charge in [-0.2, -0.15) is 0 Å². The summed E-state index contributed by atoms with van der Waals surface area (Å²) in [5.41, 5.74) is 2.08. The van der Waals surface area contributed by atoms with E-state index < -0.39 is 0 Å². The molecule has 0 unspecified atom stereocenters. The third-order valence-electron chi connectivity index (χ3n) is 4.44. The van der Waals surface area contributed by atoms with E-state index in [2.05, 4.69) is 16.0 Å². The highest BCUT2D eigenvalue weighted by Crippen LogP contribution is 2.23. The average molecular weight is 384 g/mol. The van der Waals surface area contributed by atoms with Crippen molar-refractivity contribution in [1.29, 1.82) is 0 Å². The van der Waals surface area contributed by atoms with Crippen molar-refractivity contribution >= 4 is 50.8 Å². The van der Waals surface area contributed by atoms with Crippen LogP contribution in [-0.4, -0.2) is 42.0 Å². The zero-order valence-corrected chi connectivity index (χ0v) is 15.7. The molecular formula is C20H18ClN3OS. The van der Waals surface area contributed by atoms with Gasteiger partial charge in [0.15, 0.2) is 0 Å². The first-order chi connectivity index (χ1) is 12.7. The van der Waals surface area contributed by atoms with E-state index in [1.807, 2.05) is 53.4 Å². The maximum absolute atomic E-state index is 12.5. The monoisotopic (exact) mass is 383 g/mol. The van der Waals surface area contributed by atoms with Gasteiger partial charge in [0.25, 0.3) is 0 Å². The second kappa shape index (κ2) is 7.48. The summed E-state index contributed by atoms with van der Waals surface area (Å²) in [6.07, 6.45) is 3.45. The van der Waals surface area contributed by atoms with Gasteiger partial charge >= 0.3 is 0 Å². The van der Waals surface area contributed by atoms with Crippen LogP contribution in [-0.2, 0) is 4.79 Å². The van der Waals surface area contributed by atoms with Crippen LogP contribution in [0.25, 0.3) is 16.3 Å². The van der Waals surface area contributed by atoms with Gasteiger partial charge in [-0.15, -0.1) is 11.3 Å². The number of hydrogen-bond donors (Lipinski definition) is 0. The van der Waals surface area contributed by atoms with Gasteiger partial charge in [-0.1, -0.05) is 29.8 Å². The van der Waals surface area contributed by atoms with Crippen LogP contribution in [0.3, 0.4) is 0 Å². The molecule has 0 radical (unpaired) electrons. The molecule has 1 aliphatic heterocycles. The van der Waals surface area contributed by atoms with E-state index in [9.17, 15) is 4.79 Å². The molecule has 6 heteroatoms. The smallest absolute Gasteiger partial charge is 0.246 e. The average Bonchev–Trinajstić information content (AvgIpc) is 3.09. The van der Waals surface area contributed by atoms with Gasteiger partial charge < -0.3 is 9.80 Å². The number of rotatable bonds is 3. The van der Waals surface area contributed by atoms with Crippen molar-refractivity contribution in [3.05, 3.63) is 64.6 Å². The zero-order chi connectivity index (χ0) is 17.9. The van der Waals surface area contributed by atoms with E-state index in [0.29, 0.717) is 13.1 Å². The molecule has 1 aliphatic rings. The molecule has 2 aromatic carbocycles. The van der Waals surface area contributed by atoms with Crippen molar-refractivity contribution < 1.29 is 4.79 Å². The molecule has 1 fully saturated rings. The third-order valence-corrected chi connectivity index (χ3v) is 5.68. The first-order valence-corrected chi connectivity index (χ1v) is 9.71. The molecule has 0 saturated carbocycles. The molecule has 132 valence electrons. The minimum Gasteiger partial charge on any atom is -0.368 e. The summed E-state index contributed by atoms with van der Waals surface area (Å²) in [4.78, 5) is 21.1. The van der Waals surface area contributed by atoms with Crippen LogP contribution in [0.1, 0.15) is 5.01 Å². The molecule has 1 amide bonds. The Morgan fingerprint density at radius 3 is 2.65 bits per heavy atom. The molecule has 1 saturated heterocycles. The lowest BCUT2D eigenvalue weighted by molar-refractivity contribution is -0.126. The second-order valence-corrected chi connectivity index (χ2v) is 7.64. The van der Waals surface area contributed by atoms with Gasteiger partial charge in [-0.3, -0.25) is 4.79 Å². The van der Waals surface area contributed by atoms with E-state index in [4.69, 9.17) is 11.6 Å². The van der Waals surface area contributed by atoms with Crippen molar-refractivity contribution in [3.63, 3.8) is 0 Å². The summed E-state index contributed by atoms with van der Waals surface area (Å²) in [5, 5.41) is 1.59. The summed E-state index contributed by atoms with van der Waals surface area (Å²) < 4.78 is 1.13. The van der Waals surface area contributed by atoms with E-state index in [1.54, 1.807) is 17.4 Å². The minimum absolute atomic E-state index is 0.0370. The fraction of sp³-hybridized carbons (Fsp3) is 0.200. The van der Waals surface area contributed by atoms with Crippen LogP contribution >= 0.6 is 22.9 Å². The summed E-state index contributed by atoms with van der Waals surface area (Å²) >= 11 is 7.66. The molecule has 0 aliphatic carbocycles. The number of piperazine rings is 1. The molecule has 26 heavy (non-hydrogen) atoms. The van der Waals surface area contributed by atoms with Crippen molar-refractivity contribution in [1.82, 2.24) is 9.88 Å². The number of benzene rings is 2. The van der Waals surface area contributed by atoms with Crippen molar-refractivity contribution in [2.24, 2.45) is 0 Å². The predicted octanol–water partition coefficient (Wildman–Crippen LogP) is 4.31. The predicted molar refractivity (Wildman–Crippen MR) is 109 cm³/mol. The first kappa shape index (κ1) is 17.1. The normalized spacial score (nSPS) is 15.1. The highest BCUT2D eigenvalue weighted by atomic mass is 35.5. The van der Waals surface area contributed by atoms with Crippen molar-refractivity contribution in [2.75, 3.05) is 31.1 Å². The largest absolute Gasteiger partial charge is 0.368 e. The molecule has 4 rings (SSSR count). The van der Waals surface area contributed by atoms with Crippen LogP contribution in [0.5, 0.6) is 0 Å². The first-order valence-electron chi connectivity index (χ1n) is 8.52. The SMILES string of the molecule is O=C(C=Cc1nc2ccccc2s1)N1CCN(c2cccc(Cl)c2)CC1. The summed E-state index contributed by atoms with van der Waals surface area (Å²) in [7, 11) is 0. The van der Waals surface area contributed by atoms with Gasteiger partial charge in [0.05, 0.1) is 10.2 Å². The Balaban J connectivity index is 1.37. The molecule has 1 aromatic heterocycles. The van der Waals surface area contributed by atoms with Crippen molar-refractivity contribution in [3.8, 4) is 0 Å². The summed E-state index contributed by atoms with van der Waals surface area (Å²) in [6.45, 7) is 3.02. The van der Waals surface area contributed by atoms with Gasteiger partial charge in [-0.25, -0.2) is 4.98 Å². The van der Waals surface area contributed by atoms with E-state index in [-0.39, 0.29) is 5.91 Å². The highest BCUT2D eigenvalue weighted by molar-refractivity contribution is 7.19. The lowest BCUT2D eigenvalue weighted by atomic mass is 10.2. The number of fused-ring (bicyclic) bond motifs is 1. The Morgan fingerprint density at radius 1 is 1.08 bits per heavy atom. The molecule has 0 N–H and O–H groups in total. The van der Waals surface area contributed by atoms with Crippen LogP contribution < -0.4 is 4.90 Å². The quantitative estimate of drug-likeness (QED) is 0.632. The molecule has 0 spiro atoms. The Morgan fingerprint density at radius 2 is 1.88 bits per heavy atom. The number of carbonyl (C=O) groups is 1. The number of anilines is 1. The van der Waals surface area contributed by atoms with Gasteiger partial charge in [0.1, 0.15) is 5.01 Å². The molecule has 4 nitrogen and oxygen atoms in total. The van der Waals surface area contributed by atoms with Crippen LogP contribution in [0.4, 0.5) is 5.69 Å².